The molecule has 0 rings (SSSR count). The Hall–Kier alpha value is -1.25. The van der Waals surface area contributed by atoms with E-state index in [4.69, 9.17) is 4.74 Å². The van der Waals surface area contributed by atoms with E-state index in [0.717, 1.165) is 12.0 Å². The zero-order valence-corrected chi connectivity index (χ0v) is 11.9. The fourth-order valence-corrected chi connectivity index (χ4v) is 0.929. The van der Waals surface area contributed by atoms with E-state index in [1.165, 1.54) is 6.42 Å². The van der Waals surface area contributed by atoms with Crippen LogP contribution in [-0.4, -0.2) is 18.7 Å². The quantitative estimate of drug-likeness (QED) is 0.731. The lowest BCUT2D eigenvalue weighted by atomic mass is 10.2. The highest BCUT2D eigenvalue weighted by molar-refractivity contribution is 5.67. The molecule has 0 aliphatic rings. The zero-order valence-electron chi connectivity index (χ0n) is 11.9. The number of rotatable bonds is 5. The maximum atomic E-state index is 11.0. The number of hydrogen-bond acceptors (Lipinski definition) is 2. The Labute approximate surface area is 107 Å². The summed E-state index contributed by atoms with van der Waals surface area (Å²) in [6, 6.07) is 0. The van der Waals surface area contributed by atoms with Gasteiger partial charge in [-0.1, -0.05) is 44.6 Å². The second-order valence-electron chi connectivity index (χ2n) is 3.91. The predicted octanol–water partition coefficient (Wildman–Crippen LogP) is 4.31. The number of amides is 1. The molecule has 3 nitrogen and oxygen atoms in total. The first kappa shape index (κ1) is 18.1. The highest BCUT2D eigenvalue weighted by Gasteiger charge is 2.03. The highest BCUT2D eigenvalue weighted by Crippen LogP contribution is 2.00. The Morgan fingerprint density at radius 1 is 1.47 bits per heavy atom. The van der Waals surface area contributed by atoms with Crippen molar-refractivity contribution in [3.63, 3.8) is 0 Å². The normalized spacial score (nSPS) is 10.4. The molecule has 17 heavy (non-hydrogen) atoms. The molecule has 0 spiro atoms. The molecular formula is C14H29NO2. The van der Waals surface area contributed by atoms with Crippen LogP contribution < -0.4 is 5.32 Å². The Bertz CT molecular complexity index is 238. The lowest BCUT2D eigenvalue weighted by Gasteiger charge is -2.09. The molecule has 0 unspecified atom stereocenters. The minimum atomic E-state index is -0.362. The first-order valence-corrected chi connectivity index (χ1v) is 6.23. The van der Waals surface area contributed by atoms with Crippen LogP contribution in [0.3, 0.4) is 0 Å². The van der Waals surface area contributed by atoms with Crippen LogP contribution in [0.15, 0.2) is 24.3 Å². The molecule has 0 saturated heterocycles. The van der Waals surface area contributed by atoms with Gasteiger partial charge in [-0.15, -0.1) is 0 Å². The largest absolute Gasteiger partial charge is 0.447 e. The molecular weight excluding hydrogens is 214 g/mol. The smallest absolute Gasteiger partial charge is 0.407 e. The Balaban J connectivity index is -0.000000507. The monoisotopic (exact) mass is 243 g/mol. The molecule has 0 heterocycles. The third-order valence-corrected chi connectivity index (χ3v) is 1.66. The van der Waals surface area contributed by atoms with Gasteiger partial charge in [0.1, 0.15) is 0 Å². The number of carbonyl (C=O) groups is 1. The van der Waals surface area contributed by atoms with Crippen LogP contribution in [0.1, 0.15) is 48.9 Å². The molecule has 0 atom stereocenters. The maximum absolute atomic E-state index is 11.0. The highest BCUT2D eigenvalue weighted by atomic mass is 16.6. The summed E-state index contributed by atoms with van der Waals surface area (Å²) in [7, 11) is 0. The number of allylic oxidation sites excluding steroid dienone is 2. The summed E-state index contributed by atoms with van der Waals surface area (Å²) in [4.78, 5) is 11.0. The lowest BCUT2D eigenvalue weighted by Crippen LogP contribution is -2.27. The topological polar surface area (TPSA) is 38.3 Å². The van der Waals surface area contributed by atoms with E-state index in [1.807, 2.05) is 26.8 Å². The second-order valence-corrected chi connectivity index (χ2v) is 3.91. The van der Waals surface area contributed by atoms with Gasteiger partial charge in [0.2, 0.25) is 0 Å². The molecule has 0 fully saturated rings. The summed E-state index contributed by atoms with van der Waals surface area (Å²) in [5, 5.41) is 2.66. The fourth-order valence-electron chi connectivity index (χ4n) is 0.929. The first-order valence-electron chi connectivity index (χ1n) is 6.23. The van der Waals surface area contributed by atoms with E-state index in [1.54, 1.807) is 6.08 Å². The molecule has 0 saturated carbocycles. The number of ether oxygens (including phenoxy) is 1. The van der Waals surface area contributed by atoms with Crippen molar-refractivity contribution in [1.82, 2.24) is 5.32 Å². The average Bonchev–Trinajstić information content (AvgIpc) is 2.24. The third-order valence-electron chi connectivity index (χ3n) is 1.66. The summed E-state index contributed by atoms with van der Waals surface area (Å²) < 4.78 is 4.90. The van der Waals surface area contributed by atoms with Crippen LogP contribution in [0.4, 0.5) is 4.79 Å². The van der Waals surface area contributed by atoms with Crippen molar-refractivity contribution in [1.29, 1.82) is 0 Å². The second kappa shape index (κ2) is 12.8. The Morgan fingerprint density at radius 3 is 2.35 bits per heavy atom. The number of carbonyl (C=O) groups excluding carboxylic acids is 1. The van der Waals surface area contributed by atoms with Crippen LogP contribution in [0.5, 0.6) is 0 Å². The molecule has 102 valence electrons. The molecule has 0 aliphatic heterocycles. The van der Waals surface area contributed by atoms with Crippen molar-refractivity contribution in [2.45, 2.75) is 53.6 Å². The van der Waals surface area contributed by atoms with Gasteiger partial charge in [0.25, 0.3) is 0 Å². The van der Waals surface area contributed by atoms with Crippen molar-refractivity contribution >= 4 is 6.09 Å². The van der Waals surface area contributed by atoms with E-state index in [9.17, 15) is 4.79 Å². The van der Waals surface area contributed by atoms with Crippen LogP contribution >= 0.6 is 0 Å². The van der Waals surface area contributed by atoms with E-state index >= 15 is 0 Å². The van der Waals surface area contributed by atoms with Crippen molar-refractivity contribution < 1.29 is 11.0 Å². The average molecular weight is 243 g/mol. The lowest BCUT2D eigenvalue weighted by molar-refractivity contribution is 0.116. The van der Waals surface area contributed by atoms with E-state index < -0.39 is 0 Å². The van der Waals surface area contributed by atoms with Crippen LogP contribution in [0.2, 0.25) is 0 Å². The van der Waals surface area contributed by atoms with Gasteiger partial charge in [-0.05, 0) is 27.2 Å². The summed E-state index contributed by atoms with van der Waals surface area (Å²) in [6.45, 7) is 14.1. The standard InChI is InChI=1S/C11H19NO2.C3H8.H2/c1-5-10(6-2)7-8-12-11(13)14-9(3)4;1-3-2;/h5-6,9H,1,7-8H2,2-4H3,(H,12,13);3H2,1-2H3;1H/b10-6+;;. The minimum absolute atomic E-state index is 0. The molecule has 0 aromatic rings. The van der Waals surface area contributed by atoms with Gasteiger partial charge in [-0.3, -0.25) is 0 Å². The molecule has 0 aromatic carbocycles. The molecule has 0 aliphatic carbocycles. The van der Waals surface area contributed by atoms with Crippen molar-refractivity contribution in [3.05, 3.63) is 24.3 Å². The summed E-state index contributed by atoms with van der Waals surface area (Å²) in [5.74, 6) is 0. The fraction of sp³-hybridized carbons (Fsp3) is 0.643. The Kier molecular flexibility index (Phi) is 13.7. The van der Waals surface area contributed by atoms with Gasteiger partial charge < -0.3 is 10.1 Å². The van der Waals surface area contributed by atoms with E-state index in [0.29, 0.717) is 6.54 Å². The minimum Gasteiger partial charge on any atom is -0.447 e. The SMILES string of the molecule is C=C/C(=C\C)CCNC(=O)OC(C)C.CCC.[HH]. The Morgan fingerprint density at radius 2 is 2.00 bits per heavy atom. The third kappa shape index (κ3) is 14.8. The summed E-state index contributed by atoms with van der Waals surface area (Å²) in [5.41, 5.74) is 1.12. The summed E-state index contributed by atoms with van der Waals surface area (Å²) in [6.07, 6.45) is 5.36. The van der Waals surface area contributed by atoms with Crippen LogP contribution in [0.25, 0.3) is 0 Å². The van der Waals surface area contributed by atoms with Gasteiger partial charge in [0, 0.05) is 7.97 Å². The molecule has 1 amide bonds. The van der Waals surface area contributed by atoms with Crippen molar-refractivity contribution in [2.75, 3.05) is 6.54 Å². The van der Waals surface area contributed by atoms with Gasteiger partial charge in [-0.2, -0.15) is 0 Å². The van der Waals surface area contributed by atoms with Crippen molar-refractivity contribution in [3.8, 4) is 0 Å². The molecule has 3 heteroatoms. The van der Waals surface area contributed by atoms with Crippen LogP contribution in [-0.2, 0) is 4.74 Å². The summed E-state index contributed by atoms with van der Waals surface area (Å²) >= 11 is 0. The molecule has 1 N–H and O–H groups in total. The maximum Gasteiger partial charge on any atom is 0.407 e. The van der Waals surface area contributed by atoms with E-state index in [2.05, 4.69) is 25.7 Å². The molecule has 0 aromatic heterocycles. The van der Waals surface area contributed by atoms with Gasteiger partial charge in [-0.25, -0.2) is 4.79 Å². The van der Waals surface area contributed by atoms with Gasteiger partial charge >= 0.3 is 6.09 Å². The predicted molar refractivity (Wildman–Crippen MR) is 76.3 cm³/mol. The van der Waals surface area contributed by atoms with Crippen molar-refractivity contribution in [2.24, 2.45) is 0 Å². The zero-order chi connectivity index (χ0) is 13.7. The van der Waals surface area contributed by atoms with Gasteiger partial charge in [0.05, 0.1) is 6.10 Å². The van der Waals surface area contributed by atoms with Crippen LogP contribution in [0, 0.1) is 0 Å². The molecule has 0 radical (unpaired) electrons. The number of nitrogens with one attached hydrogen (secondary N) is 1. The number of hydrogen-bond donors (Lipinski definition) is 1. The molecule has 0 bridgehead atoms. The van der Waals surface area contributed by atoms with Gasteiger partial charge in [0.15, 0.2) is 0 Å². The van der Waals surface area contributed by atoms with E-state index in [-0.39, 0.29) is 13.6 Å². The first-order chi connectivity index (χ1) is 8.01. The number of alkyl carbamates (subject to hydrolysis) is 1.